The van der Waals surface area contributed by atoms with Crippen LogP contribution in [-0.2, 0) is 28.8 Å². The molecule has 0 N–H and O–H groups in total. The van der Waals surface area contributed by atoms with Crippen molar-refractivity contribution in [3.8, 4) is 0 Å². The van der Waals surface area contributed by atoms with Crippen LogP contribution in [0.15, 0.2) is 0 Å². The van der Waals surface area contributed by atoms with Gasteiger partial charge in [0.05, 0.1) is 6.61 Å². The smallest absolute Gasteiger partial charge is 0.333 e. The molecule has 7 nitrogen and oxygen atoms in total. The molecule has 1 saturated heterocycles. The summed E-state index contributed by atoms with van der Waals surface area (Å²) >= 11 is 0. The molecule has 0 spiro atoms. The molecular weight excluding hydrogens is 242 g/mol. The van der Waals surface area contributed by atoms with Crippen LogP contribution >= 0.6 is 0 Å². The summed E-state index contributed by atoms with van der Waals surface area (Å²) in [6.07, 6.45) is 1.22. The average molecular weight is 257 g/mol. The van der Waals surface area contributed by atoms with E-state index in [1.54, 1.807) is 0 Å². The number of esters is 1. The molecule has 0 saturated carbocycles. The molecule has 0 aromatic heterocycles. The van der Waals surface area contributed by atoms with E-state index in [-0.39, 0.29) is 31.8 Å². The van der Waals surface area contributed by atoms with Crippen LogP contribution in [0.4, 0.5) is 0 Å². The number of hydrogen-bond donors (Lipinski definition) is 0. The van der Waals surface area contributed by atoms with Gasteiger partial charge in [0.25, 0.3) is 11.8 Å². The average Bonchev–Trinajstić information content (AvgIpc) is 2.60. The van der Waals surface area contributed by atoms with Gasteiger partial charge >= 0.3 is 11.9 Å². The molecule has 0 aliphatic carbocycles. The Morgan fingerprint density at radius 2 is 1.78 bits per heavy atom. The molecule has 7 heteroatoms. The second-order valence-electron chi connectivity index (χ2n) is 3.84. The van der Waals surface area contributed by atoms with E-state index >= 15 is 0 Å². The molecule has 0 bridgehead atoms. The summed E-state index contributed by atoms with van der Waals surface area (Å²) in [5.41, 5.74) is 0. The van der Waals surface area contributed by atoms with E-state index in [0.717, 1.165) is 0 Å². The number of ether oxygens (including phenoxy) is 1. The van der Waals surface area contributed by atoms with Gasteiger partial charge in [0.1, 0.15) is 0 Å². The lowest BCUT2D eigenvalue weighted by molar-refractivity contribution is -0.197. The minimum atomic E-state index is -0.638. The molecule has 0 radical (unpaired) electrons. The Balaban J connectivity index is 2.16. The summed E-state index contributed by atoms with van der Waals surface area (Å²) in [6, 6.07) is 0. The van der Waals surface area contributed by atoms with Gasteiger partial charge in [-0.1, -0.05) is 0 Å². The summed E-state index contributed by atoms with van der Waals surface area (Å²) in [6.45, 7) is 1.54. The van der Waals surface area contributed by atoms with Gasteiger partial charge in [0.15, 0.2) is 0 Å². The number of hydroxylamine groups is 2. The molecule has 1 fully saturated rings. The van der Waals surface area contributed by atoms with Gasteiger partial charge in [-0.15, -0.1) is 5.06 Å². The van der Waals surface area contributed by atoms with E-state index in [1.165, 1.54) is 6.92 Å². The maximum Gasteiger partial charge on any atom is 0.333 e. The summed E-state index contributed by atoms with van der Waals surface area (Å²) in [5, 5.41) is 0.522. The molecule has 0 aromatic carbocycles. The van der Waals surface area contributed by atoms with Crippen LogP contribution in [0.3, 0.4) is 0 Å². The Kier molecular flexibility index (Phi) is 5.29. The minimum Gasteiger partial charge on any atom is -0.466 e. The van der Waals surface area contributed by atoms with Gasteiger partial charge < -0.3 is 9.57 Å². The second-order valence-corrected chi connectivity index (χ2v) is 3.84. The van der Waals surface area contributed by atoms with Crippen molar-refractivity contribution in [2.24, 2.45) is 0 Å². The molecule has 2 amide bonds. The number of nitrogens with zero attached hydrogens (tertiary/aromatic N) is 1. The fourth-order valence-electron chi connectivity index (χ4n) is 1.39. The van der Waals surface area contributed by atoms with Gasteiger partial charge in [-0.05, 0) is 12.8 Å². The monoisotopic (exact) mass is 257 g/mol. The maximum atomic E-state index is 11.3. The number of hydrogen-bond acceptors (Lipinski definition) is 6. The van der Waals surface area contributed by atoms with Gasteiger partial charge in [0.2, 0.25) is 0 Å². The first-order chi connectivity index (χ1) is 8.50. The highest BCUT2D eigenvalue weighted by Crippen LogP contribution is 2.13. The predicted molar refractivity (Wildman–Crippen MR) is 57.7 cm³/mol. The zero-order valence-corrected chi connectivity index (χ0v) is 10.1. The third-order valence-electron chi connectivity index (χ3n) is 2.28. The Morgan fingerprint density at radius 3 is 2.33 bits per heavy atom. The number of rotatable bonds is 6. The topological polar surface area (TPSA) is 90.0 Å². The highest BCUT2D eigenvalue weighted by molar-refractivity contribution is 6.01. The Morgan fingerprint density at radius 1 is 1.17 bits per heavy atom. The molecule has 18 heavy (non-hydrogen) atoms. The van der Waals surface area contributed by atoms with Crippen molar-refractivity contribution >= 4 is 23.8 Å². The second kappa shape index (κ2) is 6.73. The SMILES string of the molecule is CC(=O)OCCCCC(=O)ON1C(=O)CCC1=O. The fourth-order valence-corrected chi connectivity index (χ4v) is 1.39. The number of carbonyl (C=O) groups is 4. The molecule has 1 heterocycles. The number of carbonyl (C=O) groups excluding carboxylic acids is 4. The molecule has 100 valence electrons. The van der Waals surface area contributed by atoms with Crippen molar-refractivity contribution in [1.82, 2.24) is 5.06 Å². The fraction of sp³-hybridized carbons (Fsp3) is 0.636. The van der Waals surface area contributed by atoms with Crippen molar-refractivity contribution < 1.29 is 28.8 Å². The molecule has 0 aromatic rings. The van der Waals surface area contributed by atoms with Crippen LogP contribution in [0.1, 0.15) is 39.0 Å². The Hall–Kier alpha value is -1.92. The van der Waals surface area contributed by atoms with Crippen molar-refractivity contribution in [3.63, 3.8) is 0 Å². The minimum absolute atomic E-state index is 0.0678. The van der Waals surface area contributed by atoms with Crippen LogP contribution in [0.5, 0.6) is 0 Å². The number of amides is 2. The normalized spacial score (nSPS) is 14.8. The zero-order valence-electron chi connectivity index (χ0n) is 10.1. The highest BCUT2D eigenvalue weighted by atomic mass is 16.7. The number of imide groups is 1. The standard InChI is InChI=1S/C11H15NO6/c1-8(13)17-7-3-2-4-11(16)18-12-9(14)5-6-10(12)15/h2-7H2,1H3. The highest BCUT2D eigenvalue weighted by Gasteiger charge is 2.32. The van der Waals surface area contributed by atoms with Crippen LogP contribution < -0.4 is 0 Å². The summed E-state index contributed by atoms with van der Waals surface area (Å²) in [5.74, 6) is -1.99. The van der Waals surface area contributed by atoms with Gasteiger partial charge in [0, 0.05) is 26.2 Å². The zero-order chi connectivity index (χ0) is 13.5. The molecule has 1 aliphatic rings. The van der Waals surface area contributed by atoms with Gasteiger partial charge in [-0.3, -0.25) is 14.4 Å². The van der Waals surface area contributed by atoms with E-state index in [4.69, 9.17) is 0 Å². The first-order valence-electron chi connectivity index (χ1n) is 5.70. The third-order valence-corrected chi connectivity index (χ3v) is 2.28. The summed E-state index contributed by atoms with van der Waals surface area (Å²) in [7, 11) is 0. The molecular formula is C11H15NO6. The van der Waals surface area contributed by atoms with E-state index in [1.807, 2.05) is 0 Å². The third kappa shape index (κ3) is 4.52. The predicted octanol–water partition coefficient (Wildman–Crippen LogP) is 0.327. The quantitative estimate of drug-likeness (QED) is 0.387. The molecule has 1 rings (SSSR count). The van der Waals surface area contributed by atoms with Crippen molar-refractivity contribution in [2.45, 2.75) is 39.0 Å². The first kappa shape index (κ1) is 14.1. The Bertz CT molecular complexity index is 349. The van der Waals surface area contributed by atoms with Crippen LogP contribution in [0.25, 0.3) is 0 Å². The van der Waals surface area contributed by atoms with Crippen molar-refractivity contribution in [1.29, 1.82) is 0 Å². The largest absolute Gasteiger partial charge is 0.466 e. The molecule has 0 atom stereocenters. The van der Waals surface area contributed by atoms with Crippen molar-refractivity contribution in [2.75, 3.05) is 6.61 Å². The number of unbranched alkanes of at least 4 members (excludes halogenated alkanes) is 1. The van der Waals surface area contributed by atoms with Crippen LogP contribution in [0, 0.1) is 0 Å². The summed E-state index contributed by atoms with van der Waals surface area (Å²) in [4.78, 5) is 48.7. The van der Waals surface area contributed by atoms with E-state index in [0.29, 0.717) is 17.9 Å². The van der Waals surface area contributed by atoms with E-state index in [9.17, 15) is 19.2 Å². The summed E-state index contributed by atoms with van der Waals surface area (Å²) < 4.78 is 4.68. The Labute approximate surface area is 104 Å². The lowest BCUT2D eigenvalue weighted by Crippen LogP contribution is -2.31. The van der Waals surface area contributed by atoms with Gasteiger partial charge in [-0.25, -0.2) is 4.79 Å². The lowest BCUT2D eigenvalue weighted by Gasteiger charge is -2.12. The van der Waals surface area contributed by atoms with Crippen LogP contribution in [0.2, 0.25) is 0 Å². The molecule has 0 unspecified atom stereocenters. The van der Waals surface area contributed by atoms with E-state index < -0.39 is 17.8 Å². The van der Waals surface area contributed by atoms with Crippen molar-refractivity contribution in [3.05, 3.63) is 0 Å². The maximum absolute atomic E-state index is 11.3. The lowest BCUT2D eigenvalue weighted by atomic mass is 10.2. The molecule has 1 aliphatic heterocycles. The van der Waals surface area contributed by atoms with Gasteiger partial charge in [-0.2, -0.15) is 0 Å². The van der Waals surface area contributed by atoms with Crippen LogP contribution in [-0.4, -0.2) is 35.4 Å². The first-order valence-corrected chi connectivity index (χ1v) is 5.70. The van der Waals surface area contributed by atoms with E-state index in [2.05, 4.69) is 9.57 Å².